The first-order valence-corrected chi connectivity index (χ1v) is 8.37. The van der Waals surface area contributed by atoms with Crippen LogP contribution in [0.1, 0.15) is 0 Å². The molecule has 0 N–H and O–H groups in total. The molecule has 2 aromatic heterocycles. The van der Waals surface area contributed by atoms with Gasteiger partial charge in [-0.25, -0.2) is 0 Å². The van der Waals surface area contributed by atoms with E-state index in [9.17, 15) is 4.79 Å². The number of nitrogens with zero attached hydrogens (tertiary/aromatic N) is 4. The van der Waals surface area contributed by atoms with Crippen LogP contribution in [0.2, 0.25) is 5.02 Å². The highest BCUT2D eigenvalue weighted by Gasteiger charge is 2.17. The fourth-order valence-corrected chi connectivity index (χ4v) is 3.04. The molecule has 0 aliphatic heterocycles. The van der Waals surface area contributed by atoms with E-state index in [0.717, 1.165) is 11.3 Å². The maximum Gasteiger partial charge on any atom is 0.316 e. The quantitative estimate of drug-likeness (QED) is 0.514. The van der Waals surface area contributed by atoms with Crippen molar-refractivity contribution in [2.24, 2.45) is 0 Å². The largest absolute Gasteiger partial charge is 0.468 e. The van der Waals surface area contributed by atoms with Crippen molar-refractivity contribution in [3.63, 3.8) is 0 Å². The summed E-state index contributed by atoms with van der Waals surface area (Å²) in [5.41, 5.74) is 1.62. The third-order valence-electron chi connectivity index (χ3n) is 3.17. The normalized spacial score (nSPS) is 10.6. The van der Waals surface area contributed by atoms with E-state index < -0.39 is 0 Å². The van der Waals surface area contributed by atoms with E-state index in [-0.39, 0.29) is 11.7 Å². The maximum atomic E-state index is 11.4. The maximum absolute atomic E-state index is 11.4. The van der Waals surface area contributed by atoms with Crippen molar-refractivity contribution in [2.45, 2.75) is 5.16 Å². The summed E-state index contributed by atoms with van der Waals surface area (Å²) in [5.74, 6) is 0.434. The molecule has 0 unspecified atom stereocenters. The molecule has 0 saturated heterocycles. The molecule has 0 radical (unpaired) electrons. The summed E-state index contributed by atoms with van der Waals surface area (Å²) in [6.45, 7) is 0. The second kappa shape index (κ2) is 7.46. The Kier molecular flexibility index (Phi) is 5.12. The molecule has 3 rings (SSSR count). The summed E-state index contributed by atoms with van der Waals surface area (Å²) < 4.78 is 6.52. The zero-order chi connectivity index (χ0) is 16.9. The fraction of sp³-hybridized carbons (Fsp3) is 0.125. The molecule has 3 aromatic rings. The molecule has 122 valence electrons. The van der Waals surface area contributed by atoms with Crippen LogP contribution < -0.4 is 0 Å². The molecule has 0 aliphatic rings. The van der Waals surface area contributed by atoms with Crippen molar-refractivity contribution >= 4 is 29.3 Å². The van der Waals surface area contributed by atoms with Crippen LogP contribution in [0.5, 0.6) is 0 Å². The summed E-state index contributed by atoms with van der Waals surface area (Å²) in [6.07, 6.45) is 3.40. The number of rotatable bonds is 5. The van der Waals surface area contributed by atoms with Gasteiger partial charge in [0.15, 0.2) is 11.0 Å². The van der Waals surface area contributed by atoms with Gasteiger partial charge in [-0.3, -0.25) is 14.3 Å². The molecule has 0 aliphatic carbocycles. The Bertz CT molecular complexity index is 854. The first-order chi connectivity index (χ1) is 11.7. The van der Waals surface area contributed by atoms with Gasteiger partial charge >= 0.3 is 5.97 Å². The molecular weight excluding hydrogens is 348 g/mol. The van der Waals surface area contributed by atoms with E-state index >= 15 is 0 Å². The number of benzene rings is 1. The zero-order valence-electron chi connectivity index (χ0n) is 12.7. The van der Waals surface area contributed by atoms with Crippen LogP contribution in [0, 0.1) is 0 Å². The van der Waals surface area contributed by atoms with E-state index in [1.165, 1.54) is 18.9 Å². The van der Waals surface area contributed by atoms with Crippen LogP contribution in [-0.2, 0) is 9.53 Å². The molecule has 6 nitrogen and oxygen atoms in total. The standard InChI is InChI=1S/C16H13ClN4O2S/c1-23-14(22)10-24-16-20-19-15(11-4-3-7-18-9-11)21(16)13-6-2-5-12(17)8-13/h2-9H,10H2,1H3. The van der Waals surface area contributed by atoms with Crippen LogP contribution in [0.25, 0.3) is 17.1 Å². The van der Waals surface area contributed by atoms with Crippen molar-refractivity contribution in [3.8, 4) is 17.1 Å². The summed E-state index contributed by atoms with van der Waals surface area (Å²) in [4.78, 5) is 15.6. The van der Waals surface area contributed by atoms with E-state index in [0.29, 0.717) is 16.0 Å². The molecule has 0 spiro atoms. The number of hydrogen-bond acceptors (Lipinski definition) is 6. The molecule has 24 heavy (non-hydrogen) atoms. The highest BCUT2D eigenvalue weighted by atomic mass is 35.5. The average Bonchev–Trinajstić information content (AvgIpc) is 3.04. The van der Waals surface area contributed by atoms with Crippen molar-refractivity contribution in [2.75, 3.05) is 12.9 Å². The van der Waals surface area contributed by atoms with Gasteiger partial charge in [0, 0.05) is 23.0 Å². The van der Waals surface area contributed by atoms with Crippen LogP contribution >= 0.6 is 23.4 Å². The summed E-state index contributed by atoms with van der Waals surface area (Å²) in [6, 6.07) is 11.1. The number of aromatic nitrogens is 4. The molecule has 2 heterocycles. The van der Waals surface area contributed by atoms with E-state index in [4.69, 9.17) is 11.6 Å². The molecular formula is C16H13ClN4O2S. The minimum absolute atomic E-state index is 0.141. The highest BCUT2D eigenvalue weighted by molar-refractivity contribution is 7.99. The highest BCUT2D eigenvalue weighted by Crippen LogP contribution is 2.28. The van der Waals surface area contributed by atoms with E-state index in [1.807, 2.05) is 34.9 Å². The lowest BCUT2D eigenvalue weighted by Gasteiger charge is -2.10. The van der Waals surface area contributed by atoms with Crippen molar-refractivity contribution in [3.05, 3.63) is 53.8 Å². The van der Waals surface area contributed by atoms with Crippen LogP contribution in [0.4, 0.5) is 0 Å². The van der Waals surface area contributed by atoms with Crippen LogP contribution in [0.3, 0.4) is 0 Å². The lowest BCUT2D eigenvalue weighted by molar-refractivity contribution is -0.137. The molecule has 0 fully saturated rings. The van der Waals surface area contributed by atoms with E-state index in [2.05, 4.69) is 19.9 Å². The minimum Gasteiger partial charge on any atom is -0.468 e. The topological polar surface area (TPSA) is 69.9 Å². The average molecular weight is 361 g/mol. The smallest absolute Gasteiger partial charge is 0.316 e. The van der Waals surface area contributed by atoms with Crippen molar-refractivity contribution in [1.82, 2.24) is 19.7 Å². The number of methoxy groups -OCH3 is 1. The van der Waals surface area contributed by atoms with Gasteiger partial charge in [0.05, 0.1) is 18.6 Å². The number of ether oxygens (including phenoxy) is 1. The second-order valence-electron chi connectivity index (χ2n) is 4.73. The van der Waals surface area contributed by atoms with Gasteiger partial charge < -0.3 is 4.74 Å². The Morgan fingerprint density at radius 3 is 2.88 bits per heavy atom. The van der Waals surface area contributed by atoms with Gasteiger partial charge in [-0.05, 0) is 30.3 Å². The molecule has 0 atom stereocenters. The molecule has 0 bridgehead atoms. The summed E-state index contributed by atoms with van der Waals surface area (Å²) in [5, 5.41) is 9.63. The molecule has 8 heteroatoms. The molecule has 1 aromatic carbocycles. The lowest BCUT2D eigenvalue weighted by atomic mass is 10.2. The van der Waals surface area contributed by atoms with Gasteiger partial charge in [0.2, 0.25) is 0 Å². The predicted molar refractivity (Wildman–Crippen MR) is 92.3 cm³/mol. The number of carbonyl (C=O) groups excluding carboxylic acids is 1. The Hall–Kier alpha value is -2.38. The van der Waals surface area contributed by atoms with Crippen molar-refractivity contribution < 1.29 is 9.53 Å². The molecule has 0 saturated carbocycles. The number of thioether (sulfide) groups is 1. The number of halogens is 1. The van der Waals surface area contributed by atoms with Gasteiger partial charge in [0.25, 0.3) is 0 Å². The number of carbonyl (C=O) groups is 1. The van der Waals surface area contributed by atoms with Crippen LogP contribution in [0.15, 0.2) is 53.9 Å². The van der Waals surface area contributed by atoms with Crippen LogP contribution in [-0.4, -0.2) is 38.6 Å². The lowest BCUT2D eigenvalue weighted by Crippen LogP contribution is -2.05. The van der Waals surface area contributed by atoms with E-state index in [1.54, 1.807) is 18.5 Å². The van der Waals surface area contributed by atoms with Gasteiger partial charge in [-0.1, -0.05) is 29.4 Å². The first kappa shape index (κ1) is 16.5. The number of esters is 1. The third-order valence-corrected chi connectivity index (χ3v) is 4.30. The summed E-state index contributed by atoms with van der Waals surface area (Å²) >= 11 is 7.36. The number of hydrogen-bond donors (Lipinski definition) is 0. The fourth-order valence-electron chi connectivity index (χ4n) is 2.08. The summed E-state index contributed by atoms with van der Waals surface area (Å²) in [7, 11) is 1.35. The van der Waals surface area contributed by atoms with Crippen molar-refractivity contribution in [1.29, 1.82) is 0 Å². The zero-order valence-corrected chi connectivity index (χ0v) is 14.3. The van der Waals surface area contributed by atoms with Gasteiger partial charge in [-0.2, -0.15) is 0 Å². The Morgan fingerprint density at radius 2 is 2.17 bits per heavy atom. The first-order valence-electron chi connectivity index (χ1n) is 7.00. The minimum atomic E-state index is -0.330. The van der Waals surface area contributed by atoms with Gasteiger partial charge in [-0.15, -0.1) is 10.2 Å². The SMILES string of the molecule is COC(=O)CSc1nnc(-c2cccnc2)n1-c1cccc(Cl)c1. The predicted octanol–water partition coefficient (Wildman–Crippen LogP) is 3.25. The van der Waals surface area contributed by atoms with Gasteiger partial charge in [0.1, 0.15) is 0 Å². The Balaban J connectivity index is 2.07. The monoisotopic (exact) mass is 360 g/mol. The second-order valence-corrected chi connectivity index (χ2v) is 6.11. The Labute approximate surface area is 147 Å². The third kappa shape index (κ3) is 3.58. The number of pyridine rings is 1. The molecule has 0 amide bonds. The Morgan fingerprint density at radius 1 is 1.29 bits per heavy atom.